The van der Waals surface area contributed by atoms with Crippen LogP contribution in [0.4, 0.5) is 0 Å². The number of guanidine groups is 1. The molecule has 8 heteroatoms. The lowest BCUT2D eigenvalue weighted by Gasteiger charge is -2.35. The number of aliphatic imine (C=N–C) groups is 1. The van der Waals surface area contributed by atoms with Gasteiger partial charge in [-0.15, -0.1) is 24.0 Å². The third kappa shape index (κ3) is 7.28. The first-order chi connectivity index (χ1) is 15.8. The number of nitrogens with zero attached hydrogens (tertiary/aromatic N) is 4. The average molecular weight is 560 g/mol. The van der Waals surface area contributed by atoms with Crippen LogP contribution in [0, 0.1) is 0 Å². The second kappa shape index (κ2) is 13.3. The summed E-state index contributed by atoms with van der Waals surface area (Å²) in [5.74, 6) is 0.826. The zero-order valence-electron chi connectivity index (χ0n) is 19.1. The van der Waals surface area contributed by atoms with Crippen molar-refractivity contribution in [2.75, 3.05) is 46.4 Å². The Bertz CT molecular complexity index is 956. The van der Waals surface area contributed by atoms with Crippen molar-refractivity contribution in [2.24, 2.45) is 4.99 Å². The number of halogens is 1. The van der Waals surface area contributed by atoms with E-state index in [9.17, 15) is 0 Å². The molecule has 2 heterocycles. The Kier molecular flexibility index (Phi) is 10.2. The monoisotopic (exact) mass is 560 g/mol. The summed E-state index contributed by atoms with van der Waals surface area (Å²) in [6.45, 7) is 5.07. The Morgan fingerprint density at radius 2 is 1.79 bits per heavy atom. The maximum Gasteiger partial charge on any atom is 0.191 e. The Labute approximate surface area is 213 Å². The van der Waals surface area contributed by atoms with Gasteiger partial charge in [0.2, 0.25) is 0 Å². The molecular formula is C25H33IN6O. The maximum absolute atomic E-state index is 5.55. The van der Waals surface area contributed by atoms with Crippen molar-refractivity contribution in [1.82, 2.24) is 25.3 Å². The van der Waals surface area contributed by atoms with E-state index < -0.39 is 0 Å². The zero-order valence-corrected chi connectivity index (χ0v) is 21.4. The van der Waals surface area contributed by atoms with Crippen molar-refractivity contribution >= 4 is 29.9 Å². The first-order valence-corrected chi connectivity index (χ1v) is 11.2. The molecule has 0 radical (unpaired) electrons. The maximum atomic E-state index is 5.55. The molecule has 1 aromatic heterocycles. The fourth-order valence-electron chi connectivity index (χ4n) is 4.00. The number of rotatable bonds is 8. The molecule has 1 atom stereocenters. The molecule has 3 aromatic rings. The predicted octanol–water partition coefficient (Wildman–Crippen LogP) is 3.27. The summed E-state index contributed by atoms with van der Waals surface area (Å²) in [6.07, 6.45) is 4.66. The predicted molar refractivity (Wildman–Crippen MR) is 144 cm³/mol. The van der Waals surface area contributed by atoms with E-state index in [2.05, 4.69) is 80.2 Å². The molecule has 2 N–H and O–H groups in total. The van der Waals surface area contributed by atoms with Crippen LogP contribution in [0.15, 0.2) is 78.0 Å². The fourth-order valence-corrected chi connectivity index (χ4v) is 4.00. The van der Waals surface area contributed by atoms with Crippen LogP contribution in [0.5, 0.6) is 0 Å². The molecule has 0 bridgehead atoms. The van der Waals surface area contributed by atoms with Crippen LogP contribution in [0.3, 0.4) is 0 Å². The van der Waals surface area contributed by atoms with Gasteiger partial charge in [-0.3, -0.25) is 9.89 Å². The topological polar surface area (TPSA) is 66.7 Å². The van der Waals surface area contributed by atoms with Gasteiger partial charge in [0.1, 0.15) is 0 Å². The number of hydrogen-bond donors (Lipinski definition) is 2. The van der Waals surface area contributed by atoms with E-state index >= 15 is 0 Å². The van der Waals surface area contributed by atoms with Crippen LogP contribution >= 0.6 is 24.0 Å². The highest BCUT2D eigenvalue weighted by atomic mass is 127. The Morgan fingerprint density at radius 1 is 1.03 bits per heavy atom. The largest absolute Gasteiger partial charge is 0.379 e. The van der Waals surface area contributed by atoms with Gasteiger partial charge in [0.25, 0.3) is 0 Å². The molecule has 1 unspecified atom stereocenters. The molecule has 2 aromatic carbocycles. The van der Waals surface area contributed by atoms with Crippen molar-refractivity contribution in [3.05, 3.63) is 84.2 Å². The molecule has 33 heavy (non-hydrogen) atoms. The Hall–Kier alpha value is -2.43. The van der Waals surface area contributed by atoms with E-state index in [0.717, 1.165) is 57.5 Å². The van der Waals surface area contributed by atoms with Gasteiger partial charge in [-0.05, 0) is 35.7 Å². The van der Waals surface area contributed by atoms with Crippen molar-refractivity contribution in [3.63, 3.8) is 0 Å². The van der Waals surface area contributed by atoms with E-state index in [-0.39, 0.29) is 30.0 Å². The average Bonchev–Trinajstić information content (AvgIpc) is 3.40. The van der Waals surface area contributed by atoms with Gasteiger partial charge < -0.3 is 15.4 Å². The number of aromatic nitrogens is 2. The SMILES string of the molecule is CN=C(NCCc1ccc(-n2cccn2)cc1)NCC(c1ccccc1)N1CCOCC1.I. The minimum atomic E-state index is 0. The minimum absolute atomic E-state index is 0. The molecule has 1 aliphatic heterocycles. The minimum Gasteiger partial charge on any atom is -0.379 e. The molecular weight excluding hydrogens is 527 g/mol. The standard InChI is InChI=1S/C25H32N6O.HI/c1-26-25(27-14-12-21-8-10-23(11-9-21)31-15-5-13-29-31)28-20-24(22-6-3-2-4-7-22)30-16-18-32-19-17-30;/h2-11,13,15,24H,12,14,16-20H2,1H3,(H2,26,27,28);1H. The van der Waals surface area contributed by atoms with E-state index in [1.54, 1.807) is 6.20 Å². The summed E-state index contributed by atoms with van der Waals surface area (Å²) in [5.41, 5.74) is 3.66. The lowest BCUT2D eigenvalue weighted by atomic mass is 10.0. The van der Waals surface area contributed by atoms with Gasteiger partial charge in [0.05, 0.1) is 24.9 Å². The third-order valence-electron chi connectivity index (χ3n) is 5.77. The fraction of sp³-hybridized carbons (Fsp3) is 0.360. The lowest BCUT2D eigenvalue weighted by Crippen LogP contribution is -2.46. The second-order valence-electron chi connectivity index (χ2n) is 7.82. The molecule has 7 nitrogen and oxygen atoms in total. The highest BCUT2D eigenvalue weighted by Crippen LogP contribution is 2.21. The number of benzene rings is 2. The number of hydrogen-bond acceptors (Lipinski definition) is 4. The molecule has 0 amide bonds. The highest BCUT2D eigenvalue weighted by Gasteiger charge is 2.22. The van der Waals surface area contributed by atoms with Crippen molar-refractivity contribution in [3.8, 4) is 5.69 Å². The molecule has 0 aliphatic carbocycles. The summed E-state index contributed by atoms with van der Waals surface area (Å²) >= 11 is 0. The van der Waals surface area contributed by atoms with Gasteiger partial charge in [0, 0.05) is 45.6 Å². The summed E-state index contributed by atoms with van der Waals surface area (Å²) < 4.78 is 7.42. The normalized spacial score (nSPS) is 15.5. The van der Waals surface area contributed by atoms with E-state index in [0.29, 0.717) is 0 Å². The Balaban J connectivity index is 0.00000306. The van der Waals surface area contributed by atoms with Crippen LogP contribution in [-0.2, 0) is 11.2 Å². The van der Waals surface area contributed by atoms with Crippen LogP contribution in [0.1, 0.15) is 17.2 Å². The summed E-state index contributed by atoms with van der Waals surface area (Å²) in [5, 5.41) is 11.2. The van der Waals surface area contributed by atoms with E-state index in [1.807, 2.05) is 24.0 Å². The molecule has 1 aliphatic rings. The van der Waals surface area contributed by atoms with Gasteiger partial charge >= 0.3 is 0 Å². The zero-order chi connectivity index (χ0) is 22.0. The van der Waals surface area contributed by atoms with E-state index in [1.165, 1.54) is 11.1 Å². The second-order valence-corrected chi connectivity index (χ2v) is 7.82. The van der Waals surface area contributed by atoms with Gasteiger partial charge in [-0.2, -0.15) is 5.10 Å². The highest BCUT2D eigenvalue weighted by molar-refractivity contribution is 14.0. The molecule has 1 fully saturated rings. The first-order valence-electron chi connectivity index (χ1n) is 11.2. The summed E-state index contributed by atoms with van der Waals surface area (Å²) in [7, 11) is 1.82. The van der Waals surface area contributed by atoms with Crippen LogP contribution < -0.4 is 10.6 Å². The van der Waals surface area contributed by atoms with Crippen molar-refractivity contribution in [1.29, 1.82) is 0 Å². The molecule has 1 saturated heterocycles. The summed E-state index contributed by atoms with van der Waals surface area (Å²) in [4.78, 5) is 6.90. The van der Waals surface area contributed by atoms with E-state index in [4.69, 9.17) is 4.74 Å². The van der Waals surface area contributed by atoms with Gasteiger partial charge in [0.15, 0.2) is 5.96 Å². The molecule has 4 rings (SSSR count). The molecule has 0 saturated carbocycles. The smallest absolute Gasteiger partial charge is 0.191 e. The molecule has 176 valence electrons. The Morgan fingerprint density at radius 3 is 2.45 bits per heavy atom. The number of nitrogens with one attached hydrogen (secondary N) is 2. The quantitative estimate of drug-likeness (QED) is 0.252. The number of morpholine rings is 1. The van der Waals surface area contributed by atoms with Crippen molar-refractivity contribution in [2.45, 2.75) is 12.5 Å². The number of ether oxygens (including phenoxy) is 1. The molecule has 0 spiro atoms. The van der Waals surface area contributed by atoms with Gasteiger partial charge in [-0.25, -0.2) is 4.68 Å². The third-order valence-corrected chi connectivity index (χ3v) is 5.77. The lowest BCUT2D eigenvalue weighted by molar-refractivity contribution is 0.0170. The van der Waals surface area contributed by atoms with Crippen LogP contribution in [-0.4, -0.2) is 67.1 Å². The van der Waals surface area contributed by atoms with Crippen LogP contribution in [0.2, 0.25) is 0 Å². The van der Waals surface area contributed by atoms with Gasteiger partial charge in [-0.1, -0.05) is 42.5 Å². The summed E-state index contributed by atoms with van der Waals surface area (Å²) in [6, 6.07) is 21.4. The first kappa shape index (κ1) is 25.2. The van der Waals surface area contributed by atoms with Crippen molar-refractivity contribution < 1.29 is 4.74 Å². The van der Waals surface area contributed by atoms with Crippen LogP contribution in [0.25, 0.3) is 5.69 Å².